The summed E-state index contributed by atoms with van der Waals surface area (Å²) < 4.78 is 0. The first-order valence-electron chi connectivity index (χ1n) is 10.3. The highest BCUT2D eigenvalue weighted by atomic mass is 16.2. The van der Waals surface area contributed by atoms with Crippen LogP contribution in [0.2, 0.25) is 0 Å². The summed E-state index contributed by atoms with van der Waals surface area (Å²) in [6, 6.07) is 10.9. The quantitative estimate of drug-likeness (QED) is 0.597. The van der Waals surface area contributed by atoms with Crippen LogP contribution in [0.15, 0.2) is 36.4 Å². The number of carbonyl (C=O) groups is 3. The first kappa shape index (κ1) is 20.8. The zero-order chi connectivity index (χ0) is 20.6. The number of hydrogen-bond donors (Lipinski definition) is 2. The Morgan fingerprint density at radius 2 is 1.97 bits per heavy atom. The lowest BCUT2D eigenvalue weighted by molar-refractivity contribution is -0.129. The molecule has 29 heavy (non-hydrogen) atoms. The van der Waals surface area contributed by atoms with E-state index in [1.165, 1.54) is 6.08 Å². The molecule has 2 aliphatic rings. The van der Waals surface area contributed by atoms with Gasteiger partial charge < -0.3 is 10.6 Å². The lowest BCUT2D eigenvalue weighted by atomic mass is 9.93. The van der Waals surface area contributed by atoms with Crippen LogP contribution in [-0.2, 0) is 14.4 Å². The summed E-state index contributed by atoms with van der Waals surface area (Å²) in [7, 11) is 0. The van der Waals surface area contributed by atoms with Gasteiger partial charge in [-0.3, -0.25) is 14.4 Å². The molecule has 2 amide bonds. The van der Waals surface area contributed by atoms with Gasteiger partial charge in [-0.1, -0.05) is 49.2 Å². The minimum absolute atomic E-state index is 0.0599. The molecule has 1 saturated heterocycles. The number of allylic oxidation sites excluding steroid dienone is 1. The van der Waals surface area contributed by atoms with Crippen LogP contribution in [0.25, 0.3) is 6.08 Å². The largest absolute Gasteiger partial charge is 0.356 e. The molecular weight excluding hydrogens is 366 g/mol. The number of nitriles is 1. The fourth-order valence-electron chi connectivity index (χ4n) is 3.69. The van der Waals surface area contributed by atoms with Crippen LogP contribution < -0.4 is 10.6 Å². The van der Waals surface area contributed by atoms with E-state index in [1.54, 1.807) is 6.08 Å². The molecular formula is C23H27N3O3. The SMILES string of the molecule is N#CC(CC1CCNC1=O)NC(=O)C(CC(=O)/C=C/c1ccccc1)CC1CC1. The van der Waals surface area contributed by atoms with E-state index in [4.69, 9.17) is 0 Å². The smallest absolute Gasteiger partial charge is 0.224 e. The number of hydrogen-bond acceptors (Lipinski definition) is 4. The highest BCUT2D eigenvalue weighted by Crippen LogP contribution is 2.36. The molecule has 6 heteroatoms. The van der Waals surface area contributed by atoms with Gasteiger partial charge in [-0.2, -0.15) is 5.26 Å². The normalized spacial score (nSPS) is 20.7. The molecule has 3 unspecified atom stereocenters. The van der Waals surface area contributed by atoms with Gasteiger partial charge in [0.25, 0.3) is 0 Å². The molecule has 1 heterocycles. The van der Waals surface area contributed by atoms with E-state index in [9.17, 15) is 19.6 Å². The van der Waals surface area contributed by atoms with Gasteiger partial charge in [-0.15, -0.1) is 0 Å². The molecule has 1 aliphatic carbocycles. The van der Waals surface area contributed by atoms with E-state index in [-0.39, 0.29) is 29.9 Å². The summed E-state index contributed by atoms with van der Waals surface area (Å²) >= 11 is 0. The van der Waals surface area contributed by atoms with E-state index < -0.39 is 12.0 Å². The zero-order valence-corrected chi connectivity index (χ0v) is 16.5. The topological polar surface area (TPSA) is 99.1 Å². The Labute approximate surface area is 171 Å². The Hall–Kier alpha value is -2.94. The first-order valence-corrected chi connectivity index (χ1v) is 10.3. The number of benzene rings is 1. The lowest BCUT2D eigenvalue weighted by Gasteiger charge is -2.19. The Balaban J connectivity index is 1.57. The summed E-state index contributed by atoms with van der Waals surface area (Å²) in [5.41, 5.74) is 0.934. The zero-order valence-electron chi connectivity index (χ0n) is 16.5. The fourth-order valence-corrected chi connectivity index (χ4v) is 3.69. The average Bonchev–Trinajstić information content (AvgIpc) is 3.46. The molecule has 0 aromatic heterocycles. The number of nitrogens with one attached hydrogen (secondary N) is 2. The van der Waals surface area contributed by atoms with Crippen molar-refractivity contribution in [3.63, 3.8) is 0 Å². The molecule has 1 aliphatic heterocycles. The van der Waals surface area contributed by atoms with Gasteiger partial charge in [0.05, 0.1) is 6.07 Å². The molecule has 2 N–H and O–H groups in total. The van der Waals surface area contributed by atoms with Gasteiger partial charge in [-0.25, -0.2) is 0 Å². The van der Waals surface area contributed by atoms with Crippen molar-refractivity contribution in [3.8, 4) is 6.07 Å². The Morgan fingerprint density at radius 1 is 1.21 bits per heavy atom. The average molecular weight is 393 g/mol. The summed E-state index contributed by atoms with van der Waals surface area (Å²) in [5, 5.41) is 14.9. The minimum Gasteiger partial charge on any atom is -0.356 e. The lowest BCUT2D eigenvalue weighted by Crippen LogP contribution is -2.40. The predicted octanol–water partition coefficient (Wildman–Crippen LogP) is 2.61. The molecule has 3 rings (SSSR count). The van der Waals surface area contributed by atoms with Crippen molar-refractivity contribution in [3.05, 3.63) is 42.0 Å². The maximum absolute atomic E-state index is 12.8. The third kappa shape index (κ3) is 6.56. The van der Waals surface area contributed by atoms with E-state index in [2.05, 4.69) is 16.7 Å². The van der Waals surface area contributed by atoms with Crippen LogP contribution in [0.3, 0.4) is 0 Å². The third-order valence-electron chi connectivity index (χ3n) is 5.55. The van der Waals surface area contributed by atoms with Crippen molar-refractivity contribution in [1.29, 1.82) is 5.26 Å². The van der Waals surface area contributed by atoms with E-state index >= 15 is 0 Å². The monoisotopic (exact) mass is 393 g/mol. The van der Waals surface area contributed by atoms with Gasteiger partial charge >= 0.3 is 0 Å². The molecule has 3 atom stereocenters. The number of ketones is 1. The Morgan fingerprint density at radius 3 is 2.59 bits per heavy atom. The Bertz CT molecular complexity index is 808. The van der Waals surface area contributed by atoms with Gasteiger partial charge in [0.2, 0.25) is 11.8 Å². The van der Waals surface area contributed by atoms with E-state index in [0.717, 1.165) is 18.4 Å². The van der Waals surface area contributed by atoms with Crippen LogP contribution >= 0.6 is 0 Å². The third-order valence-corrected chi connectivity index (χ3v) is 5.55. The van der Waals surface area contributed by atoms with Gasteiger partial charge in [0, 0.05) is 24.8 Å². The molecule has 0 bridgehead atoms. The molecule has 0 spiro atoms. The molecule has 1 aromatic carbocycles. The van der Waals surface area contributed by atoms with Crippen molar-refractivity contribution < 1.29 is 14.4 Å². The van der Waals surface area contributed by atoms with Gasteiger partial charge in [0.1, 0.15) is 6.04 Å². The number of nitrogens with zero attached hydrogens (tertiary/aromatic N) is 1. The van der Waals surface area contributed by atoms with E-state index in [0.29, 0.717) is 31.7 Å². The second-order valence-corrected chi connectivity index (χ2v) is 7.99. The van der Waals surface area contributed by atoms with Gasteiger partial charge in [-0.05, 0) is 36.8 Å². The van der Waals surface area contributed by atoms with Crippen molar-refractivity contribution in [2.75, 3.05) is 6.54 Å². The van der Waals surface area contributed by atoms with Crippen LogP contribution in [0, 0.1) is 29.1 Å². The second-order valence-electron chi connectivity index (χ2n) is 7.99. The van der Waals surface area contributed by atoms with Crippen LogP contribution in [0.1, 0.15) is 44.1 Å². The second kappa shape index (κ2) is 10.0. The molecule has 2 fully saturated rings. The molecule has 152 valence electrons. The highest BCUT2D eigenvalue weighted by molar-refractivity contribution is 5.96. The fraction of sp³-hybridized carbons (Fsp3) is 0.478. The molecule has 1 aromatic rings. The number of carbonyl (C=O) groups excluding carboxylic acids is 3. The van der Waals surface area contributed by atoms with Crippen molar-refractivity contribution in [2.45, 2.75) is 44.6 Å². The summed E-state index contributed by atoms with van der Waals surface area (Å²) in [5.74, 6) is -0.615. The predicted molar refractivity (Wildman–Crippen MR) is 109 cm³/mol. The first-order chi connectivity index (χ1) is 14.0. The summed E-state index contributed by atoms with van der Waals surface area (Å²) in [6.07, 6.45) is 7.24. The summed E-state index contributed by atoms with van der Waals surface area (Å²) in [4.78, 5) is 37.0. The number of rotatable bonds is 10. The highest BCUT2D eigenvalue weighted by Gasteiger charge is 2.33. The van der Waals surface area contributed by atoms with E-state index in [1.807, 2.05) is 30.3 Å². The van der Waals surface area contributed by atoms with Crippen LogP contribution in [-0.4, -0.2) is 30.2 Å². The van der Waals surface area contributed by atoms with Gasteiger partial charge in [0.15, 0.2) is 5.78 Å². The molecule has 6 nitrogen and oxygen atoms in total. The van der Waals surface area contributed by atoms with Crippen molar-refractivity contribution >= 4 is 23.7 Å². The van der Waals surface area contributed by atoms with Crippen LogP contribution in [0.4, 0.5) is 0 Å². The van der Waals surface area contributed by atoms with Crippen molar-refractivity contribution in [1.82, 2.24) is 10.6 Å². The standard InChI is InChI=1S/C23H27N3O3/c24-15-20(13-18-10-11-25-22(18)28)26-23(29)19(12-17-6-7-17)14-21(27)9-8-16-4-2-1-3-5-16/h1-5,8-9,17-20H,6-7,10-14H2,(H,25,28)(H,26,29)/b9-8+. The molecule has 0 radical (unpaired) electrons. The van der Waals surface area contributed by atoms with Crippen LogP contribution in [0.5, 0.6) is 0 Å². The minimum atomic E-state index is -0.715. The summed E-state index contributed by atoms with van der Waals surface area (Å²) in [6.45, 7) is 0.613. The Kier molecular flexibility index (Phi) is 7.18. The number of amides is 2. The van der Waals surface area contributed by atoms with Crippen molar-refractivity contribution in [2.24, 2.45) is 17.8 Å². The maximum Gasteiger partial charge on any atom is 0.224 e. The molecule has 1 saturated carbocycles. The maximum atomic E-state index is 12.8.